The summed E-state index contributed by atoms with van der Waals surface area (Å²) < 4.78 is 0. The highest BCUT2D eigenvalue weighted by Crippen LogP contribution is 2.23. The molecule has 1 aromatic rings. The third kappa shape index (κ3) is 3.72. The monoisotopic (exact) mass is 248 g/mol. The Morgan fingerprint density at radius 3 is 2.73 bits per heavy atom. The standard InChI is InChI=1S/C10H17ClN2OS/c1-7(14)5-13(3)8(2)10-12-9(4-11)6-15-10/h6-8,14H,4-5H2,1-3H3. The van der Waals surface area contributed by atoms with Crippen LogP contribution in [0.5, 0.6) is 0 Å². The molecule has 0 amide bonds. The molecule has 15 heavy (non-hydrogen) atoms. The third-order valence-electron chi connectivity index (χ3n) is 2.28. The molecule has 0 spiro atoms. The van der Waals surface area contributed by atoms with Crippen LogP contribution in [0.1, 0.15) is 30.6 Å². The van der Waals surface area contributed by atoms with Crippen molar-refractivity contribution in [3.63, 3.8) is 0 Å². The molecule has 86 valence electrons. The van der Waals surface area contributed by atoms with E-state index in [1.54, 1.807) is 18.3 Å². The molecule has 0 aromatic carbocycles. The van der Waals surface area contributed by atoms with Crippen LogP contribution in [0.15, 0.2) is 5.38 Å². The van der Waals surface area contributed by atoms with E-state index in [4.69, 9.17) is 11.6 Å². The molecule has 0 aliphatic carbocycles. The average Bonchev–Trinajstić information content (AvgIpc) is 2.63. The molecule has 0 aliphatic heterocycles. The Hall–Kier alpha value is -0.160. The lowest BCUT2D eigenvalue weighted by Crippen LogP contribution is -2.29. The topological polar surface area (TPSA) is 36.4 Å². The fourth-order valence-corrected chi connectivity index (χ4v) is 2.51. The van der Waals surface area contributed by atoms with Gasteiger partial charge in [-0.05, 0) is 20.9 Å². The van der Waals surface area contributed by atoms with Crippen molar-refractivity contribution in [2.45, 2.75) is 31.9 Å². The van der Waals surface area contributed by atoms with Gasteiger partial charge in [0.15, 0.2) is 0 Å². The number of nitrogens with zero attached hydrogens (tertiary/aromatic N) is 2. The number of hydrogen-bond donors (Lipinski definition) is 1. The van der Waals surface area contributed by atoms with Gasteiger partial charge in [-0.1, -0.05) is 0 Å². The first-order valence-corrected chi connectivity index (χ1v) is 6.34. The predicted octanol–water partition coefficient (Wildman–Crippen LogP) is 2.26. The van der Waals surface area contributed by atoms with E-state index < -0.39 is 0 Å². The van der Waals surface area contributed by atoms with Gasteiger partial charge in [0.25, 0.3) is 0 Å². The number of aliphatic hydroxyl groups is 1. The summed E-state index contributed by atoms with van der Waals surface area (Å²) in [6, 6.07) is 0.224. The fourth-order valence-electron chi connectivity index (χ4n) is 1.34. The fraction of sp³-hybridized carbons (Fsp3) is 0.700. The highest BCUT2D eigenvalue weighted by atomic mass is 35.5. The van der Waals surface area contributed by atoms with Crippen molar-refractivity contribution in [3.8, 4) is 0 Å². The van der Waals surface area contributed by atoms with E-state index in [2.05, 4.69) is 16.8 Å². The molecule has 1 heterocycles. The zero-order chi connectivity index (χ0) is 11.4. The van der Waals surface area contributed by atoms with Crippen LogP contribution in [-0.4, -0.2) is 34.7 Å². The van der Waals surface area contributed by atoms with Gasteiger partial charge in [-0.15, -0.1) is 22.9 Å². The van der Waals surface area contributed by atoms with Gasteiger partial charge in [-0.25, -0.2) is 4.98 Å². The first kappa shape index (κ1) is 12.9. The van der Waals surface area contributed by atoms with Crippen LogP contribution >= 0.6 is 22.9 Å². The number of likely N-dealkylation sites (N-methyl/N-ethyl adjacent to an activating group) is 1. The number of halogens is 1. The van der Waals surface area contributed by atoms with Crippen molar-refractivity contribution in [1.82, 2.24) is 9.88 Å². The molecule has 2 unspecified atom stereocenters. The van der Waals surface area contributed by atoms with Gasteiger partial charge in [-0.2, -0.15) is 0 Å². The van der Waals surface area contributed by atoms with Gasteiger partial charge in [0.1, 0.15) is 5.01 Å². The Morgan fingerprint density at radius 1 is 1.60 bits per heavy atom. The van der Waals surface area contributed by atoms with E-state index in [-0.39, 0.29) is 12.1 Å². The van der Waals surface area contributed by atoms with Crippen molar-refractivity contribution in [2.75, 3.05) is 13.6 Å². The maximum absolute atomic E-state index is 9.29. The highest BCUT2D eigenvalue weighted by Gasteiger charge is 2.16. The molecule has 0 radical (unpaired) electrons. The maximum atomic E-state index is 9.29. The minimum absolute atomic E-state index is 0.224. The maximum Gasteiger partial charge on any atom is 0.110 e. The summed E-state index contributed by atoms with van der Waals surface area (Å²) in [5.74, 6) is 0.462. The van der Waals surface area contributed by atoms with E-state index in [1.165, 1.54) is 0 Å². The molecule has 0 saturated carbocycles. The van der Waals surface area contributed by atoms with Crippen LogP contribution in [0.3, 0.4) is 0 Å². The summed E-state index contributed by atoms with van der Waals surface area (Å²) in [6.45, 7) is 4.52. The number of alkyl halides is 1. The van der Waals surface area contributed by atoms with E-state index in [9.17, 15) is 5.11 Å². The van der Waals surface area contributed by atoms with Gasteiger partial charge < -0.3 is 5.11 Å². The lowest BCUT2D eigenvalue weighted by atomic mass is 10.3. The van der Waals surface area contributed by atoms with Crippen molar-refractivity contribution in [3.05, 3.63) is 16.1 Å². The van der Waals surface area contributed by atoms with E-state index in [1.807, 2.05) is 12.4 Å². The summed E-state index contributed by atoms with van der Waals surface area (Å²) >= 11 is 7.32. The molecule has 5 heteroatoms. The van der Waals surface area contributed by atoms with Gasteiger partial charge in [0.05, 0.1) is 23.7 Å². The second-order valence-corrected chi connectivity index (χ2v) is 4.93. The smallest absolute Gasteiger partial charge is 0.110 e. The van der Waals surface area contributed by atoms with Crippen LogP contribution in [0.4, 0.5) is 0 Å². The van der Waals surface area contributed by atoms with Crippen LogP contribution in [0.25, 0.3) is 0 Å². The van der Waals surface area contributed by atoms with Gasteiger partial charge >= 0.3 is 0 Å². The number of aliphatic hydroxyl groups excluding tert-OH is 1. The lowest BCUT2D eigenvalue weighted by Gasteiger charge is -2.23. The zero-order valence-corrected chi connectivity index (χ0v) is 10.8. The quantitative estimate of drug-likeness (QED) is 0.812. The zero-order valence-electron chi connectivity index (χ0n) is 9.27. The summed E-state index contributed by atoms with van der Waals surface area (Å²) in [6.07, 6.45) is -0.315. The molecule has 0 saturated heterocycles. The summed E-state index contributed by atoms with van der Waals surface area (Å²) in [7, 11) is 1.99. The molecule has 0 aliphatic rings. The van der Waals surface area contributed by atoms with E-state index >= 15 is 0 Å². The third-order valence-corrected chi connectivity index (χ3v) is 3.61. The average molecular weight is 249 g/mol. The summed E-state index contributed by atoms with van der Waals surface area (Å²) in [5, 5.41) is 12.3. The molecule has 1 N–H and O–H groups in total. The molecule has 1 rings (SSSR count). The molecular weight excluding hydrogens is 232 g/mol. The number of aromatic nitrogens is 1. The molecule has 2 atom stereocenters. The minimum Gasteiger partial charge on any atom is -0.392 e. The van der Waals surface area contributed by atoms with Crippen molar-refractivity contribution < 1.29 is 5.11 Å². The SMILES string of the molecule is CC(O)CN(C)C(C)c1nc(CCl)cs1. The second-order valence-electron chi connectivity index (χ2n) is 3.78. The van der Waals surface area contributed by atoms with Crippen LogP contribution < -0.4 is 0 Å². The molecular formula is C10H17ClN2OS. The number of hydrogen-bond acceptors (Lipinski definition) is 4. The first-order chi connectivity index (χ1) is 7.04. The Kier molecular flexibility index (Phi) is 4.99. The van der Waals surface area contributed by atoms with Crippen LogP contribution in [0, 0.1) is 0 Å². The van der Waals surface area contributed by atoms with Crippen LogP contribution in [-0.2, 0) is 5.88 Å². The van der Waals surface area contributed by atoms with Crippen LogP contribution in [0.2, 0.25) is 0 Å². The number of thiazole rings is 1. The van der Waals surface area contributed by atoms with Gasteiger partial charge in [0, 0.05) is 11.9 Å². The summed E-state index contributed by atoms with van der Waals surface area (Å²) in [5.41, 5.74) is 0.925. The van der Waals surface area contributed by atoms with Crippen molar-refractivity contribution in [1.29, 1.82) is 0 Å². The minimum atomic E-state index is -0.315. The highest BCUT2D eigenvalue weighted by molar-refractivity contribution is 7.09. The molecule has 0 fully saturated rings. The second kappa shape index (κ2) is 5.80. The van der Waals surface area contributed by atoms with Crippen molar-refractivity contribution >= 4 is 22.9 Å². The van der Waals surface area contributed by atoms with E-state index in [0.29, 0.717) is 12.4 Å². The van der Waals surface area contributed by atoms with Gasteiger partial charge in [0.2, 0.25) is 0 Å². The Morgan fingerprint density at radius 2 is 2.27 bits per heavy atom. The predicted molar refractivity (Wildman–Crippen MR) is 64.4 cm³/mol. The molecule has 3 nitrogen and oxygen atoms in total. The van der Waals surface area contributed by atoms with Crippen molar-refractivity contribution in [2.24, 2.45) is 0 Å². The van der Waals surface area contributed by atoms with E-state index in [0.717, 1.165) is 10.7 Å². The Balaban J connectivity index is 2.62. The first-order valence-electron chi connectivity index (χ1n) is 4.93. The Bertz CT molecular complexity index is 303. The largest absolute Gasteiger partial charge is 0.392 e. The summed E-state index contributed by atoms with van der Waals surface area (Å²) in [4.78, 5) is 6.51. The van der Waals surface area contributed by atoms with Gasteiger partial charge in [-0.3, -0.25) is 4.90 Å². The lowest BCUT2D eigenvalue weighted by molar-refractivity contribution is 0.121. The normalized spacial score (nSPS) is 15.6. The molecule has 1 aromatic heterocycles. The molecule has 0 bridgehead atoms. The Labute approximate surface area is 99.7 Å². The number of rotatable bonds is 5.